The van der Waals surface area contributed by atoms with E-state index in [9.17, 15) is 9.18 Å². The molecular weight excluding hydrogens is 240 g/mol. The number of nitrogens with one attached hydrogen (secondary N) is 1. The van der Waals surface area contributed by atoms with Crippen LogP contribution in [0.15, 0.2) is 18.2 Å². The first kappa shape index (κ1) is 12.3. The van der Waals surface area contributed by atoms with Gasteiger partial charge in [0.2, 0.25) is 5.91 Å². The number of alkyl halides is 1. The Kier molecular flexibility index (Phi) is 4.85. The molecule has 5 heteroatoms. The quantitative estimate of drug-likeness (QED) is 0.816. The standard InChI is InChI=1S/C10H10Cl2FNO/c11-6-10(15)14-4-3-7-5-8(12)1-2-9(7)13/h1-2,5H,3-4,6H2,(H,14,15). The maximum atomic E-state index is 13.2. The van der Waals surface area contributed by atoms with Crippen LogP contribution >= 0.6 is 23.2 Å². The molecule has 0 bridgehead atoms. The number of carbonyl (C=O) groups is 1. The highest BCUT2D eigenvalue weighted by molar-refractivity contribution is 6.30. The number of benzene rings is 1. The second-order valence-electron chi connectivity index (χ2n) is 2.97. The van der Waals surface area contributed by atoms with Gasteiger partial charge in [0.15, 0.2) is 0 Å². The first-order chi connectivity index (χ1) is 7.13. The fourth-order valence-electron chi connectivity index (χ4n) is 1.12. The number of carbonyl (C=O) groups excluding carboxylic acids is 1. The Hall–Kier alpha value is -0.800. The van der Waals surface area contributed by atoms with Gasteiger partial charge in [0.1, 0.15) is 11.7 Å². The summed E-state index contributed by atoms with van der Waals surface area (Å²) in [7, 11) is 0. The number of rotatable bonds is 4. The van der Waals surface area contributed by atoms with E-state index in [-0.39, 0.29) is 17.6 Å². The minimum Gasteiger partial charge on any atom is -0.355 e. The van der Waals surface area contributed by atoms with Gasteiger partial charge >= 0.3 is 0 Å². The van der Waals surface area contributed by atoms with Crippen molar-refractivity contribution >= 4 is 29.1 Å². The molecule has 0 unspecified atom stereocenters. The van der Waals surface area contributed by atoms with Gasteiger partial charge in [-0.1, -0.05) is 11.6 Å². The van der Waals surface area contributed by atoms with Crippen LogP contribution in [0.4, 0.5) is 4.39 Å². The molecule has 0 atom stereocenters. The van der Waals surface area contributed by atoms with Gasteiger partial charge in [-0.2, -0.15) is 0 Å². The summed E-state index contributed by atoms with van der Waals surface area (Å²) in [6.45, 7) is 0.350. The highest BCUT2D eigenvalue weighted by atomic mass is 35.5. The third kappa shape index (κ3) is 4.06. The molecule has 0 saturated heterocycles. The van der Waals surface area contributed by atoms with Gasteiger partial charge in [-0.3, -0.25) is 4.79 Å². The zero-order valence-electron chi connectivity index (χ0n) is 7.90. The van der Waals surface area contributed by atoms with Crippen molar-refractivity contribution in [3.8, 4) is 0 Å². The van der Waals surface area contributed by atoms with Crippen LogP contribution in [0.5, 0.6) is 0 Å². The molecule has 1 amide bonds. The maximum absolute atomic E-state index is 13.2. The summed E-state index contributed by atoms with van der Waals surface area (Å²) in [4.78, 5) is 10.8. The first-order valence-electron chi connectivity index (χ1n) is 4.40. The van der Waals surface area contributed by atoms with Gasteiger partial charge in [-0.25, -0.2) is 4.39 Å². The van der Waals surface area contributed by atoms with E-state index in [0.717, 1.165) is 0 Å². The molecule has 1 aromatic carbocycles. The second kappa shape index (κ2) is 5.93. The molecule has 0 saturated carbocycles. The van der Waals surface area contributed by atoms with E-state index in [1.807, 2.05) is 0 Å². The molecule has 1 rings (SSSR count). The van der Waals surface area contributed by atoms with Crippen LogP contribution in [0.3, 0.4) is 0 Å². The average molecular weight is 250 g/mol. The zero-order valence-corrected chi connectivity index (χ0v) is 9.41. The lowest BCUT2D eigenvalue weighted by Crippen LogP contribution is -2.26. The molecule has 0 aliphatic rings. The van der Waals surface area contributed by atoms with Crippen molar-refractivity contribution in [1.82, 2.24) is 5.32 Å². The minimum atomic E-state index is -0.320. The monoisotopic (exact) mass is 249 g/mol. The van der Waals surface area contributed by atoms with E-state index in [1.54, 1.807) is 6.07 Å². The van der Waals surface area contributed by atoms with Gasteiger partial charge in [-0.05, 0) is 30.2 Å². The van der Waals surface area contributed by atoms with Crippen molar-refractivity contribution in [2.24, 2.45) is 0 Å². The number of hydrogen-bond donors (Lipinski definition) is 1. The maximum Gasteiger partial charge on any atom is 0.234 e. The van der Waals surface area contributed by atoms with Crippen molar-refractivity contribution in [3.05, 3.63) is 34.6 Å². The zero-order chi connectivity index (χ0) is 11.3. The van der Waals surface area contributed by atoms with Crippen LogP contribution in [-0.4, -0.2) is 18.3 Å². The molecular formula is C10H10Cl2FNO. The van der Waals surface area contributed by atoms with E-state index in [0.29, 0.717) is 23.6 Å². The molecule has 0 aliphatic carbocycles. The lowest BCUT2D eigenvalue weighted by atomic mass is 10.1. The number of amides is 1. The molecule has 0 fully saturated rings. The van der Waals surface area contributed by atoms with E-state index in [2.05, 4.69) is 5.32 Å². The van der Waals surface area contributed by atoms with Gasteiger partial charge in [0.05, 0.1) is 0 Å². The third-order valence-corrected chi connectivity index (χ3v) is 2.32. The van der Waals surface area contributed by atoms with E-state index < -0.39 is 0 Å². The lowest BCUT2D eigenvalue weighted by Gasteiger charge is -2.04. The van der Waals surface area contributed by atoms with Crippen molar-refractivity contribution < 1.29 is 9.18 Å². The Labute approximate surface area is 97.4 Å². The predicted molar refractivity (Wildman–Crippen MR) is 58.8 cm³/mol. The Morgan fingerprint density at radius 2 is 2.20 bits per heavy atom. The summed E-state index contributed by atoms with van der Waals surface area (Å²) in [6.07, 6.45) is 0.398. The normalized spacial score (nSPS) is 10.1. The highest BCUT2D eigenvalue weighted by Gasteiger charge is 2.03. The summed E-state index contributed by atoms with van der Waals surface area (Å²) in [5.41, 5.74) is 0.484. The van der Waals surface area contributed by atoms with Crippen molar-refractivity contribution in [2.45, 2.75) is 6.42 Å². The molecule has 0 heterocycles. The van der Waals surface area contributed by atoms with E-state index in [4.69, 9.17) is 23.2 Å². The Morgan fingerprint density at radius 3 is 2.87 bits per heavy atom. The van der Waals surface area contributed by atoms with Gasteiger partial charge in [0.25, 0.3) is 0 Å². The fraction of sp³-hybridized carbons (Fsp3) is 0.300. The van der Waals surface area contributed by atoms with Gasteiger partial charge in [0, 0.05) is 11.6 Å². The van der Waals surface area contributed by atoms with Crippen LogP contribution in [0.2, 0.25) is 5.02 Å². The van der Waals surface area contributed by atoms with Crippen LogP contribution in [0.1, 0.15) is 5.56 Å². The minimum absolute atomic E-state index is 0.0853. The summed E-state index contributed by atoms with van der Waals surface area (Å²) in [5.74, 6) is -0.670. The molecule has 0 aromatic heterocycles. The topological polar surface area (TPSA) is 29.1 Å². The van der Waals surface area contributed by atoms with Crippen LogP contribution < -0.4 is 5.32 Å². The molecule has 0 aliphatic heterocycles. The summed E-state index contributed by atoms with van der Waals surface area (Å²) in [5, 5.41) is 3.03. The smallest absolute Gasteiger partial charge is 0.234 e. The number of hydrogen-bond acceptors (Lipinski definition) is 1. The molecule has 15 heavy (non-hydrogen) atoms. The predicted octanol–water partition coefficient (Wildman–Crippen LogP) is 2.38. The lowest BCUT2D eigenvalue weighted by molar-refractivity contribution is -0.118. The van der Waals surface area contributed by atoms with Crippen molar-refractivity contribution in [3.63, 3.8) is 0 Å². The Morgan fingerprint density at radius 1 is 1.47 bits per heavy atom. The molecule has 1 aromatic rings. The Bertz CT molecular complexity index is 357. The Balaban J connectivity index is 2.50. The molecule has 0 spiro atoms. The van der Waals surface area contributed by atoms with E-state index >= 15 is 0 Å². The van der Waals surface area contributed by atoms with Crippen LogP contribution in [0.25, 0.3) is 0 Å². The van der Waals surface area contributed by atoms with Crippen molar-refractivity contribution in [1.29, 1.82) is 0 Å². The summed E-state index contributed by atoms with van der Waals surface area (Å²) < 4.78 is 13.2. The number of halogens is 3. The van der Waals surface area contributed by atoms with Gasteiger partial charge < -0.3 is 5.32 Å². The molecule has 82 valence electrons. The van der Waals surface area contributed by atoms with Gasteiger partial charge in [-0.15, -0.1) is 11.6 Å². The van der Waals surface area contributed by atoms with E-state index in [1.165, 1.54) is 12.1 Å². The highest BCUT2D eigenvalue weighted by Crippen LogP contribution is 2.14. The fourth-order valence-corrected chi connectivity index (χ4v) is 1.41. The summed E-state index contributed by atoms with van der Waals surface area (Å²) >= 11 is 11.0. The second-order valence-corrected chi connectivity index (χ2v) is 3.67. The SMILES string of the molecule is O=C(CCl)NCCc1cc(Cl)ccc1F. The average Bonchev–Trinajstić information content (AvgIpc) is 2.23. The molecule has 1 N–H and O–H groups in total. The van der Waals surface area contributed by atoms with Crippen molar-refractivity contribution in [2.75, 3.05) is 12.4 Å². The van der Waals surface area contributed by atoms with Crippen LogP contribution in [0, 0.1) is 5.82 Å². The first-order valence-corrected chi connectivity index (χ1v) is 5.31. The molecule has 2 nitrogen and oxygen atoms in total. The molecule has 0 radical (unpaired) electrons. The largest absolute Gasteiger partial charge is 0.355 e. The third-order valence-electron chi connectivity index (χ3n) is 1.85. The summed E-state index contributed by atoms with van der Waals surface area (Å²) in [6, 6.07) is 4.34. The van der Waals surface area contributed by atoms with Crippen LogP contribution in [-0.2, 0) is 11.2 Å².